The van der Waals surface area contributed by atoms with Crippen molar-refractivity contribution in [2.75, 3.05) is 39.9 Å². The number of methoxy groups -OCH3 is 1. The number of nitrogens with one attached hydrogen (secondary N) is 2. The minimum Gasteiger partial charge on any atom is -0.383 e. The van der Waals surface area contributed by atoms with E-state index >= 15 is 0 Å². The van der Waals surface area contributed by atoms with Crippen LogP contribution in [-0.2, 0) is 9.53 Å². The number of imidazole rings is 1. The number of piperidine rings is 1. The molecule has 2 saturated heterocycles. The van der Waals surface area contributed by atoms with Crippen LogP contribution in [0.2, 0.25) is 0 Å². The van der Waals surface area contributed by atoms with Crippen molar-refractivity contribution in [3.8, 4) is 0 Å². The van der Waals surface area contributed by atoms with Crippen molar-refractivity contribution in [1.29, 1.82) is 0 Å². The van der Waals surface area contributed by atoms with E-state index in [4.69, 9.17) is 4.74 Å². The van der Waals surface area contributed by atoms with Gasteiger partial charge in [-0.2, -0.15) is 5.10 Å². The van der Waals surface area contributed by atoms with Crippen molar-refractivity contribution in [3.05, 3.63) is 58.1 Å². The smallest absolute Gasteiger partial charge is 0.327 e. The summed E-state index contributed by atoms with van der Waals surface area (Å²) in [5.74, 6) is -2.53. The van der Waals surface area contributed by atoms with Gasteiger partial charge in [-0.15, -0.1) is 5.10 Å². The molecule has 0 bridgehead atoms. The van der Waals surface area contributed by atoms with Gasteiger partial charge in [0.25, 0.3) is 0 Å². The largest absolute Gasteiger partial charge is 0.383 e. The van der Waals surface area contributed by atoms with E-state index in [0.717, 1.165) is 6.07 Å². The summed E-state index contributed by atoms with van der Waals surface area (Å²) < 4.78 is 35.3. The highest BCUT2D eigenvalue weighted by Gasteiger charge is 2.35. The number of hydrogen-bond donors (Lipinski definition) is 2. The lowest BCUT2D eigenvalue weighted by Crippen LogP contribution is -2.53. The maximum absolute atomic E-state index is 14.6. The number of likely N-dealkylation sites (tertiary alicyclic amines) is 2. The number of carbonyl (C=O) groups is 2. The van der Waals surface area contributed by atoms with Gasteiger partial charge < -0.3 is 19.9 Å². The first kappa shape index (κ1) is 26.7. The zero-order valence-electron chi connectivity index (χ0n) is 21.6. The van der Waals surface area contributed by atoms with Crippen molar-refractivity contribution in [2.45, 2.75) is 43.7 Å². The van der Waals surface area contributed by atoms with Crippen LogP contribution in [0.25, 0.3) is 11.2 Å². The SMILES string of the molecule is COCCN1CC(c2cccc(F)c2F)CCC(NC(=O)N2CCC(n3c(=O)[nH]c4nnccc43)CC2)C1=O. The molecule has 0 aliphatic carbocycles. The number of urea groups is 1. The topological polar surface area (TPSA) is 125 Å². The molecule has 5 rings (SSSR count). The van der Waals surface area contributed by atoms with E-state index in [1.807, 2.05) is 0 Å². The number of fused-ring (bicyclic) bond motifs is 1. The Labute approximate surface area is 223 Å². The second kappa shape index (κ2) is 11.5. The molecule has 11 nitrogen and oxygen atoms in total. The lowest BCUT2D eigenvalue weighted by molar-refractivity contribution is -0.133. The van der Waals surface area contributed by atoms with Gasteiger partial charge >= 0.3 is 11.7 Å². The first-order chi connectivity index (χ1) is 18.9. The lowest BCUT2D eigenvalue weighted by Gasteiger charge is -2.34. The first-order valence-electron chi connectivity index (χ1n) is 13.1. The van der Waals surface area contributed by atoms with Crippen LogP contribution in [0, 0.1) is 11.6 Å². The number of ether oxygens (including phenoxy) is 1. The second-order valence-corrected chi connectivity index (χ2v) is 9.98. The molecule has 2 unspecified atom stereocenters. The molecule has 2 aromatic heterocycles. The number of H-pyrrole nitrogens is 1. The zero-order chi connectivity index (χ0) is 27.5. The number of halogens is 2. The maximum atomic E-state index is 14.6. The van der Waals surface area contributed by atoms with Gasteiger partial charge in [0.05, 0.1) is 18.3 Å². The molecular weight excluding hydrogens is 512 g/mol. The van der Waals surface area contributed by atoms with Crippen molar-refractivity contribution in [2.24, 2.45) is 0 Å². The molecule has 2 aliphatic rings. The minimum absolute atomic E-state index is 0.106. The Morgan fingerprint density at radius 2 is 1.95 bits per heavy atom. The van der Waals surface area contributed by atoms with Crippen molar-refractivity contribution in [1.82, 2.24) is 34.9 Å². The monoisotopic (exact) mass is 543 g/mol. The van der Waals surface area contributed by atoms with E-state index < -0.39 is 23.6 Å². The third kappa shape index (κ3) is 5.49. The number of nitrogens with zero attached hydrogens (tertiary/aromatic N) is 5. The summed E-state index contributed by atoms with van der Waals surface area (Å²) in [6.45, 7) is 1.55. The molecule has 0 saturated carbocycles. The molecule has 2 aliphatic heterocycles. The number of benzene rings is 1. The molecule has 4 heterocycles. The molecular formula is C26H31F2N7O4. The van der Waals surface area contributed by atoms with Crippen LogP contribution in [0.3, 0.4) is 0 Å². The minimum atomic E-state index is -0.928. The summed E-state index contributed by atoms with van der Waals surface area (Å²) in [6.07, 6.45) is 3.33. The van der Waals surface area contributed by atoms with Crippen LogP contribution >= 0.6 is 0 Å². The van der Waals surface area contributed by atoms with Gasteiger partial charge in [0, 0.05) is 45.2 Å². The summed E-state index contributed by atoms with van der Waals surface area (Å²) in [5, 5.41) is 10.6. The number of rotatable bonds is 6. The van der Waals surface area contributed by atoms with Crippen LogP contribution < -0.4 is 11.0 Å². The number of aromatic amines is 1. The maximum Gasteiger partial charge on any atom is 0.327 e. The molecule has 39 heavy (non-hydrogen) atoms. The summed E-state index contributed by atoms with van der Waals surface area (Å²) in [5.41, 5.74) is 1.04. The van der Waals surface area contributed by atoms with Gasteiger partial charge in [-0.05, 0) is 43.4 Å². The Morgan fingerprint density at radius 1 is 1.15 bits per heavy atom. The number of carbonyl (C=O) groups excluding carboxylic acids is 2. The Balaban J connectivity index is 1.25. The van der Waals surface area contributed by atoms with Crippen molar-refractivity contribution >= 4 is 23.1 Å². The summed E-state index contributed by atoms with van der Waals surface area (Å²) in [7, 11) is 1.52. The van der Waals surface area contributed by atoms with Gasteiger partial charge in [-0.25, -0.2) is 18.4 Å². The summed E-state index contributed by atoms with van der Waals surface area (Å²) in [6, 6.07) is 4.52. The van der Waals surface area contributed by atoms with Crippen LogP contribution in [0.15, 0.2) is 35.3 Å². The van der Waals surface area contributed by atoms with E-state index in [1.54, 1.807) is 20.4 Å². The standard InChI is InChI=1S/C26H31F2N7O4/c1-39-14-13-34-15-16(18-3-2-4-19(27)22(18)28)5-6-20(24(34)36)30-25(37)33-11-8-17(9-12-33)35-21-7-10-29-32-23(21)31-26(35)38/h2-4,7,10,16-17,20H,5-6,8-9,11-15H2,1H3,(H,30,37)(H,31,32,38). The predicted octanol–water partition coefficient (Wildman–Crippen LogP) is 2.17. The Hall–Kier alpha value is -3.87. The van der Waals surface area contributed by atoms with Gasteiger partial charge in [-0.1, -0.05) is 12.1 Å². The Bertz CT molecular complexity index is 1400. The van der Waals surface area contributed by atoms with Gasteiger partial charge in [-0.3, -0.25) is 14.3 Å². The van der Waals surface area contributed by atoms with Crippen molar-refractivity contribution in [3.63, 3.8) is 0 Å². The van der Waals surface area contributed by atoms with Crippen LogP contribution in [-0.4, -0.2) is 87.4 Å². The molecule has 3 aromatic rings. The van der Waals surface area contributed by atoms with Crippen LogP contribution in [0.4, 0.5) is 13.6 Å². The molecule has 0 spiro atoms. The van der Waals surface area contributed by atoms with E-state index in [9.17, 15) is 23.2 Å². The fourth-order valence-corrected chi connectivity index (χ4v) is 5.60. The predicted molar refractivity (Wildman–Crippen MR) is 137 cm³/mol. The van der Waals surface area contributed by atoms with E-state index in [0.29, 0.717) is 43.5 Å². The van der Waals surface area contributed by atoms with Gasteiger partial charge in [0.15, 0.2) is 17.3 Å². The quantitative estimate of drug-likeness (QED) is 0.491. The summed E-state index contributed by atoms with van der Waals surface area (Å²) >= 11 is 0. The molecule has 13 heteroatoms. The third-order valence-corrected chi connectivity index (χ3v) is 7.66. The fourth-order valence-electron chi connectivity index (χ4n) is 5.60. The average molecular weight is 544 g/mol. The lowest BCUT2D eigenvalue weighted by atomic mass is 9.93. The van der Waals surface area contributed by atoms with Gasteiger partial charge in [0.1, 0.15) is 6.04 Å². The Kier molecular flexibility index (Phi) is 7.87. The molecule has 2 fully saturated rings. The first-order valence-corrected chi connectivity index (χ1v) is 13.1. The number of amides is 3. The molecule has 0 radical (unpaired) electrons. The molecule has 208 valence electrons. The highest BCUT2D eigenvalue weighted by molar-refractivity contribution is 5.87. The van der Waals surface area contributed by atoms with Gasteiger partial charge in [0.2, 0.25) is 5.91 Å². The fraction of sp³-hybridized carbons (Fsp3) is 0.500. The molecule has 2 atom stereocenters. The van der Waals surface area contributed by atoms with Crippen LogP contribution in [0.5, 0.6) is 0 Å². The molecule has 1 aromatic carbocycles. The highest BCUT2D eigenvalue weighted by atomic mass is 19.2. The zero-order valence-corrected chi connectivity index (χ0v) is 21.6. The summed E-state index contributed by atoms with van der Waals surface area (Å²) in [4.78, 5) is 45.0. The van der Waals surface area contributed by atoms with E-state index in [2.05, 4.69) is 20.5 Å². The third-order valence-electron chi connectivity index (χ3n) is 7.66. The average Bonchev–Trinajstić information content (AvgIpc) is 3.20. The van der Waals surface area contributed by atoms with E-state index in [1.165, 1.54) is 25.4 Å². The molecule has 2 N–H and O–H groups in total. The normalized spacial score (nSPS) is 20.8. The number of aromatic nitrogens is 4. The number of hydrogen-bond acceptors (Lipinski definition) is 6. The molecule has 3 amide bonds. The van der Waals surface area contributed by atoms with E-state index in [-0.39, 0.29) is 55.4 Å². The second-order valence-electron chi connectivity index (χ2n) is 9.98. The highest BCUT2D eigenvalue weighted by Crippen LogP contribution is 2.30. The van der Waals surface area contributed by atoms with Crippen molar-refractivity contribution < 1.29 is 23.1 Å². The van der Waals surface area contributed by atoms with Crippen LogP contribution in [0.1, 0.15) is 43.2 Å². The Morgan fingerprint density at radius 3 is 2.72 bits per heavy atom.